The van der Waals surface area contributed by atoms with Gasteiger partial charge in [0.15, 0.2) is 0 Å². The molecular weight excluding hydrogens is 428 g/mol. The molecule has 1 aromatic heterocycles. The minimum atomic E-state index is -4.51. The number of nitrogens with zero attached hydrogens (tertiary/aromatic N) is 2. The highest BCUT2D eigenvalue weighted by molar-refractivity contribution is 5.82. The van der Waals surface area contributed by atoms with Crippen LogP contribution in [0.15, 0.2) is 54.7 Å². The first-order valence-corrected chi connectivity index (χ1v) is 11.2. The Labute approximate surface area is 194 Å². The number of likely N-dealkylation sites (N-methyl/N-ethyl adjacent to an activating group) is 1. The van der Waals surface area contributed by atoms with Gasteiger partial charge in [-0.25, -0.2) is 4.39 Å². The molecule has 3 aromatic rings. The summed E-state index contributed by atoms with van der Waals surface area (Å²) in [6, 6.07) is 13.2. The van der Waals surface area contributed by atoms with Crippen LogP contribution in [-0.4, -0.2) is 35.7 Å². The molecule has 1 unspecified atom stereocenters. The molecule has 1 heterocycles. The van der Waals surface area contributed by atoms with E-state index in [-0.39, 0.29) is 12.8 Å². The van der Waals surface area contributed by atoms with E-state index in [0.29, 0.717) is 22.0 Å². The Morgan fingerprint density at radius 3 is 2.18 bits per heavy atom. The second kappa shape index (κ2) is 10.2. The number of aryl methyl sites for hydroxylation is 1. The van der Waals surface area contributed by atoms with Crippen LogP contribution < -0.4 is 0 Å². The van der Waals surface area contributed by atoms with E-state index in [1.807, 2.05) is 19.9 Å². The average molecular weight is 463 g/mol. The lowest BCUT2D eigenvalue weighted by atomic mass is 9.69. The summed E-state index contributed by atoms with van der Waals surface area (Å²) in [6.45, 7) is 9.31. The second-order valence-electron chi connectivity index (χ2n) is 9.11. The van der Waals surface area contributed by atoms with Crippen molar-refractivity contribution in [3.8, 4) is 0 Å². The molecule has 180 valence electrons. The zero-order valence-corrected chi connectivity index (χ0v) is 20.5. The second-order valence-corrected chi connectivity index (χ2v) is 9.11. The largest absolute Gasteiger partial charge is 0.407 e. The number of pyridine rings is 1. The van der Waals surface area contributed by atoms with E-state index in [2.05, 4.69) is 4.98 Å². The number of hydrogen-bond acceptors (Lipinski definition) is 2. The molecule has 2 aromatic carbocycles. The van der Waals surface area contributed by atoms with Crippen molar-refractivity contribution >= 4 is 10.9 Å². The molecule has 0 aliphatic rings. The summed E-state index contributed by atoms with van der Waals surface area (Å²) in [6.07, 6.45) is -3.42. The van der Waals surface area contributed by atoms with E-state index in [0.717, 1.165) is 5.56 Å². The molecule has 6 heteroatoms. The highest BCUT2D eigenvalue weighted by atomic mass is 19.4. The van der Waals surface area contributed by atoms with E-state index in [1.54, 1.807) is 57.3 Å². The van der Waals surface area contributed by atoms with Crippen LogP contribution in [0, 0.1) is 12.7 Å². The van der Waals surface area contributed by atoms with Gasteiger partial charge in [-0.2, -0.15) is 13.2 Å². The SMILES string of the molecule is CC.Cc1ccc(F)cc1C(C)(C)CC(Cc1ccnc2ccccc12)(N(C)C)C(F)(F)F. The van der Waals surface area contributed by atoms with Gasteiger partial charge in [-0.15, -0.1) is 0 Å². The van der Waals surface area contributed by atoms with Crippen molar-refractivity contribution in [1.29, 1.82) is 0 Å². The minimum absolute atomic E-state index is 0.225. The Morgan fingerprint density at radius 1 is 0.939 bits per heavy atom. The molecule has 0 fully saturated rings. The van der Waals surface area contributed by atoms with E-state index in [1.165, 1.54) is 31.1 Å². The molecule has 3 rings (SSSR count). The molecule has 0 spiro atoms. The molecule has 0 aliphatic carbocycles. The van der Waals surface area contributed by atoms with Crippen LogP contribution in [0.4, 0.5) is 17.6 Å². The molecule has 33 heavy (non-hydrogen) atoms. The number of benzene rings is 2. The van der Waals surface area contributed by atoms with E-state index >= 15 is 0 Å². The van der Waals surface area contributed by atoms with Crippen LogP contribution in [0.2, 0.25) is 0 Å². The number of alkyl halides is 3. The molecular formula is C27H34F4N2. The van der Waals surface area contributed by atoms with Gasteiger partial charge in [-0.05, 0) is 73.8 Å². The summed E-state index contributed by atoms with van der Waals surface area (Å²) < 4.78 is 58.4. The van der Waals surface area contributed by atoms with Gasteiger partial charge < -0.3 is 0 Å². The first-order chi connectivity index (χ1) is 15.4. The summed E-state index contributed by atoms with van der Waals surface area (Å²) in [7, 11) is 2.93. The topological polar surface area (TPSA) is 16.1 Å². The van der Waals surface area contributed by atoms with Crippen LogP contribution >= 0.6 is 0 Å². The summed E-state index contributed by atoms with van der Waals surface area (Å²) in [5, 5.41) is 0.709. The normalized spacial score (nSPS) is 14.1. The highest BCUT2D eigenvalue weighted by Gasteiger charge is 2.58. The number of hydrogen-bond donors (Lipinski definition) is 0. The van der Waals surface area contributed by atoms with Gasteiger partial charge in [-0.3, -0.25) is 9.88 Å². The van der Waals surface area contributed by atoms with Crippen LogP contribution in [0.1, 0.15) is 50.8 Å². The Hall–Kier alpha value is -2.47. The van der Waals surface area contributed by atoms with Gasteiger partial charge in [0.25, 0.3) is 0 Å². The third kappa shape index (κ3) is 5.55. The van der Waals surface area contributed by atoms with Crippen molar-refractivity contribution in [3.63, 3.8) is 0 Å². The number of halogens is 4. The maximum absolute atomic E-state index is 14.8. The van der Waals surface area contributed by atoms with Gasteiger partial charge >= 0.3 is 6.18 Å². The number of aromatic nitrogens is 1. The summed E-state index contributed by atoms with van der Waals surface area (Å²) >= 11 is 0. The van der Waals surface area contributed by atoms with Crippen LogP contribution in [0.25, 0.3) is 10.9 Å². The van der Waals surface area contributed by atoms with Gasteiger partial charge in [-0.1, -0.05) is 52.0 Å². The molecule has 0 N–H and O–H groups in total. The maximum Gasteiger partial charge on any atom is 0.407 e. The summed E-state index contributed by atoms with van der Waals surface area (Å²) in [4.78, 5) is 5.55. The zero-order valence-electron chi connectivity index (χ0n) is 20.5. The molecule has 0 aliphatic heterocycles. The molecule has 0 amide bonds. The van der Waals surface area contributed by atoms with E-state index < -0.39 is 22.9 Å². The highest BCUT2D eigenvalue weighted by Crippen LogP contribution is 2.47. The molecule has 2 nitrogen and oxygen atoms in total. The fourth-order valence-electron chi connectivity index (χ4n) is 4.61. The van der Waals surface area contributed by atoms with Gasteiger partial charge in [0.05, 0.1) is 5.52 Å². The lowest BCUT2D eigenvalue weighted by Crippen LogP contribution is -2.60. The Balaban J connectivity index is 0.00000187. The van der Waals surface area contributed by atoms with Gasteiger partial charge in [0.1, 0.15) is 11.4 Å². The first-order valence-electron chi connectivity index (χ1n) is 11.2. The monoisotopic (exact) mass is 462 g/mol. The van der Waals surface area contributed by atoms with Gasteiger partial charge in [0, 0.05) is 18.0 Å². The van der Waals surface area contributed by atoms with E-state index in [4.69, 9.17) is 0 Å². The smallest absolute Gasteiger partial charge is 0.296 e. The Kier molecular flexibility index (Phi) is 8.28. The van der Waals surface area contributed by atoms with E-state index in [9.17, 15) is 17.6 Å². The quantitative estimate of drug-likeness (QED) is 0.353. The van der Waals surface area contributed by atoms with Crippen molar-refractivity contribution in [2.24, 2.45) is 0 Å². The Morgan fingerprint density at radius 2 is 1.58 bits per heavy atom. The lowest BCUT2D eigenvalue weighted by molar-refractivity contribution is -0.231. The number of rotatable bonds is 6. The number of para-hydroxylation sites is 1. The summed E-state index contributed by atoms with van der Waals surface area (Å²) in [5.41, 5.74) is -0.467. The fourth-order valence-corrected chi connectivity index (χ4v) is 4.61. The van der Waals surface area contributed by atoms with Crippen LogP contribution in [0.5, 0.6) is 0 Å². The summed E-state index contributed by atoms with van der Waals surface area (Å²) in [5.74, 6) is -0.448. The lowest BCUT2D eigenvalue weighted by Gasteiger charge is -2.46. The van der Waals surface area contributed by atoms with Crippen molar-refractivity contribution in [2.75, 3.05) is 14.1 Å². The first kappa shape index (κ1) is 26.8. The maximum atomic E-state index is 14.8. The molecule has 0 radical (unpaired) electrons. The van der Waals surface area contributed by atoms with Crippen molar-refractivity contribution in [2.45, 2.75) is 64.6 Å². The Bertz CT molecular complexity index is 1070. The average Bonchev–Trinajstić information content (AvgIpc) is 2.75. The van der Waals surface area contributed by atoms with Crippen LogP contribution in [0.3, 0.4) is 0 Å². The third-order valence-corrected chi connectivity index (χ3v) is 6.27. The predicted octanol–water partition coefficient (Wildman–Crippen LogP) is 7.48. The standard InChI is InChI=1S/C25H28F4N2.C2H6/c1-17-10-11-19(26)14-21(17)23(2,3)16-24(31(4)5,25(27,28)29)15-18-12-13-30-22-9-7-6-8-20(18)22;1-2/h6-14H,15-16H2,1-5H3;1-2H3. The van der Waals surface area contributed by atoms with Crippen LogP contribution in [-0.2, 0) is 11.8 Å². The van der Waals surface area contributed by atoms with Crippen molar-refractivity contribution in [1.82, 2.24) is 9.88 Å². The zero-order chi connectivity index (χ0) is 25.0. The molecule has 1 atom stereocenters. The fraction of sp³-hybridized carbons (Fsp3) is 0.444. The minimum Gasteiger partial charge on any atom is -0.296 e. The molecule has 0 bridgehead atoms. The number of fused-ring (bicyclic) bond motifs is 1. The van der Waals surface area contributed by atoms with Crippen molar-refractivity contribution < 1.29 is 17.6 Å². The third-order valence-electron chi connectivity index (χ3n) is 6.27. The van der Waals surface area contributed by atoms with Gasteiger partial charge in [0.2, 0.25) is 0 Å². The predicted molar refractivity (Wildman–Crippen MR) is 128 cm³/mol. The van der Waals surface area contributed by atoms with Crippen molar-refractivity contribution in [3.05, 3.63) is 77.2 Å². The molecule has 0 saturated carbocycles. The molecule has 0 saturated heterocycles.